The monoisotopic (exact) mass is 927 g/mol. The van der Waals surface area contributed by atoms with Crippen molar-refractivity contribution >= 4 is 17.9 Å². The molecule has 6 heteroatoms. The van der Waals surface area contributed by atoms with E-state index in [1.165, 1.54) is 83.5 Å². The molecule has 0 radical (unpaired) electrons. The van der Waals surface area contributed by atoms with Crippen molar-refractivity contribution in [3.05, 3.63) is 122 Å². The maximum atomic E-state index is 12.8. The minimum absolute atomic E-state index is 0.121. The highest BCUT2D eigenvalue weighted by atomic mass is 16.6. The van der Waals surface area contributed by atoms with Crippen LogP contribution in [-0.2, 0) is 28.6 Å². The van der Waals surface area contributed by atoms with E-state index >= 15 is 0 Å². The number of carbonyl (C=O) groups is 3. The third-order valence-electron chi connectivity index (χ3n) is 11.1. The Bertz CT molecular complexity index is 1440. The number of ether oxygens (including phenoxy) is 3. The van der Waals surface area contributed by atoms with Crippen molar-refractivity contribution in [2.75, 3.05) is 13.2 Å². The van der Waals surface area contributed by atoms with Crippen LogP contribution in [0.4, 0.5) is 0 Å². The van der Waals surface area contributed by atoms with E-state index < -0.39 is 6.10 Å². The summed E-state index contributed by atoms with van der Waals surface area (Å²) >= 11 is 0. The zero-order valence-corrected chi connectivity index (χ0v) is 43.1. The average molecular weight is 927 g/mol. The average Bonchev–Trinajstić information content (AvgIpc) is 3.33. The van der Waals surface area contributed by atoms with E-state index in [4.69, 9.17) is 14.2 Å². The number of unbranched alkanes of at least 4 members (excludes halogenated alkanes) is 23. The Morgan fingerprint density at radius 2 is 0.597 bits per heavy atom. The van der Waals surface area contributed by atoms with Crippen molar-refractivity contribution in [2.24, 2.45) is 0 Å². The van der Waals surface area contributed by atoms with Crippen LogP contribution in [0.5, 0.6) is 0 Å². The molecule has 0 aliphatic rings. The molecule has 1 atom stereocenters. The van der Waals surface area contributed by atoms with Gasteiger partial charge in [-0.25, -0.2) is 0 Å². The zero-order valence-electron chi connectivity index (χ0n) is 43.1. The molecular weight excluding hydrogens is 829 g/mol. The van der Waals surface area contributed by atoms with Gasteiger partial charge < -0.3 is 14.2 Å². The molecule has 67 heavy (non-hydrogen) atoms. The van der Waals surface area contributed by atoms with E-state index in [-0.39, 0.29) is 44.0 Å². The van der Waals surface area contributed by atoms with Crippen molar-refractivity contribution in [1.29, 1.82) is 0 Å². The highest BCUT2D eigenvalue weighted by Gasteiger charge is 2.19. The Morgan fingerprint density at radius 1 is 0.313 bits per heavy atom. The smallest absolute Gasteiger partial charge is 0.306 e. The number of rotatable bonds is 47. The van der Waals surface area contributed by atoms with E-state index in [1.54, 1.807) is 0 Å². The molecule has 1 unspecified atom stereocenters. The number of esters is 3. The predicted octanol–water partition coefficient (Wildman–Crippen LogP) is 18.1. The normalized spacial score (nSPS) is 13.1. The molecule has 0 spiro atoms. The fourth-order valence-corrected chi connectivity index (χ4v) is 7.05. The topological polar surface area (TPSA) is 78.9 Å². The van der Waals surface area contributed by atoms with E-state index in [9.17, 15) is 14.4 Å². The van der Waals surface area contributed by atoms with Gasteiger partial charge in [-0.1, -0.05) is 245 Å². The number of hydrogen-bond acceptors (Lipinski definition) is 6. The Kier molecular flexibility index (Phi) is 51.0. The first-order valence-corrected chi connectivity index (χ1v) is 27.2. The van der Waals surface area contributed by atoms with Crippen LogP contribution < -0.4 is 0 Å². The molecule has 6 nitrogen and oxygen atoms in total. The second-order valence-electron chi connectivity index (χ2n) is 17.6. The summed E-state index contributed by atoms with van der Waals surface area (Å²) in [7, 11) is 0. The maximum Gasteiger partial charge on any atom is 0.306 e. The first-order valence-electron chi connectivity index (χ1n) is 27.2. The van der Waals surface area contributed by atoms with Gasteiger partial charge in [0.15, 0.2) is 6.10 Å². The van der Waals surface area contributed by atoms with E-state index in [0.717, 1.165) is 96.3 Å². The Morgan fingerprint density at radius 3 is 0.985 bits per heavy atom. The molecule has 0 aliphatic carbocycles. The highest BCUT2D eigenvalue weighted by molar-refractivity contribution is 5.71. The number of hydrogen-bond donors (Lipinski definition) is 0. The number of carbonyl (C=O) groups excluding carboxylic acids is 3. The lowest BCUT2D eigenvalue weighted by Gasteiger charge is -2.18. The van der Waals surface area contributed by atoms with Gasteiger partial charge in [0, 0.05) is 19.3 Å². The van der Waals surface area contributed by atoms with Gasteiger partial charge in [0.2, 0.25) is 0 Å². The van der Waals surface area contributed by atoms with Crippen LogP contribution in [0.25, 0.3) is 0 Å². The number of allylic oxidation sites excluding steroid dienone is 20. The van der Waals surface area contributed by atoms with Gasteiger partial charge in [0.1, 0.15) is 13.2 Å². The highest BCUT2D eigenvalue weighted by Crippen LogP contribution is 2.13. The van der Waals surface area contributed by atoms with Crippen molar-refractivity contribution in [3.63, 3.8) is 0 Å². The van der Waals surface area contributed by atoms with E-state index in [1.807, 2.05) is 54.7 Å². The molecule has 0 aliphatic heterocycles. The molecule has 0 aromatic carbocycles. The summed E-state index contributed by atoms with van der Waals surface area (Å²) in [6.45, 7) is 6.37. The summed E-state index contributed by atoms with van der Waals surface area (Å²) < 4.78 is 16.7. The fourth-order valence-electron chi connectivity index (χ4n) is 7.05. The maximum absolute atomic E-state index is 12.8. The molecule has 0 amide bonds. The van der Waals surface area contributed by atoms with Crippen molar-refractivity contribution < 1.29 is 28.6 Å². The summed E-state index contributed by atoms with van der Waals surface area (Å²) in [5.41, 5.74) is 0. The third kappa shape index (κ3) is 52.6. The molecule has 0 saturated heterocycles. The molecule has 0 aromatic rings. The Labute approximate surface area is 412 Å². The lowest BCUT2D eigenvalue weighted by atomic mass is 10.1. The largest absolute Gasteiger partial charge is 0.462 e. The minimum Gasteiger partial charge on any atom is -0.462 e. The fraction of sp³-hybridized carbons (Fsp3) is 0.623. The SMILES string of the molecule is CC\C=C/C=C\C=C/C=C\C=C/CCCC(=O)OCC(COC(=O)CCCCCCC\C=C/C=C\C=C/CCCCCCC)OC(=O)CCCCCCC/C=C\C=C/CCCCCCCCC. The van der Waals surface area contributed by atoms with Crippen molar-refractivity contribution in [1.82, 2.24) is 0 Å². The first-order chi connectivity index (χ1) is 33.0. The van der Waals surface area contributed by atoms with Crippen molar-refractivity contribution in [3.8, 4) is 0 Å². The van der Waals surface area contributed by atoms with Crippen LogP contribution in [0.1, 0.15) is 226 Å². The zero-order chi connectivity index (χ0) is 48.6. The van der Waals surface area contributed by atoms with E-state index in [2.05, 4.69) is 87.6 Å². The van der Waals surface area contributed by atoms with Gasteiger partial charge in [-0.2, -0.15) is 0 Å². The Hall–Kier alpha value is -4.19. The molecule has 0 rings (SSSR count). The lowest BCUT2D eigenvalue weighted by molar-refractivity contribution is -0.167. The lowest BCUT2D eigenvalue weighted by Crippen LogP contribution is -2.30. The summed E-state index contributed by atoms with van der Waals surface area (Å²) in [5, 5.41) is 0. The second kappa shape index (κ2) is 54.4. The van der Waals surface area contributed by atoms with Crippen LogP contribution in [-0.4, -0.2) is 37.2 Å². The Balaban J connectivity index is 4.55. The summed E-state index contributed by atoms with van der Waals surface area (Å²) in [6.07, 6.45) is 74.8. The quantitative estimate of drug-likeness (QED) is 0.0262. The second-order valence-corrected chi connectivity index (χ2v) is 17.6. The molecule has 0 saturated carbocycles. The summed E-state index contributed by atoms with van der Waals surface area (Å²) in [6, 6.07) is 0. The van der Waals surface area contributed by atoms with Crippen LogP contribution >= 0.6 is 0 Å². The summed E-state index contributed by atoms with van der Waals surface area (Å²) in [5.74, 6) is -1.04. The van der Waals surface area contributed by atoms with Gasteiger partial charge in [-0.15, -0.1) is 0 Å². The van der Waals surface area contributed by atoms with Crippen LogP contribution in [0.15, 0.2) is 122 Å². The summed E-state index contributed by atoms with van der Waals surface area (Å²) in [4.78, 5) is 38.0. The first kappa shape index (κ1) is 62.8. The van der Waals surface area contributed by atoms with Gasteiger partial charge in [0.25, 0.3) is 0 Å². The molecule has 0 fully saturated rings. The van der Waals surface area contributed by atoms with Gasteiger partial charge >= 0.3 is 17.9 Å². The molecule has 0 N–H and O–H groups in total. The van der Waals surface area contributed by atoms with Crippen LogP contribution in [0.2, 0.25) is 0 Å². The standard InChI is InChI=1S/C61H98O6/c1-4-7-10-13-16-19-22-25-27-29-31-33-36-39-42-45-48-51-54-60(63)66-57-58(56-65-59(62)53-50-47-44-41-38-35-24-21-18-15-12-9-6-3)67-61(64)55-52-49-46-43-40-37-34-32-30-28-26-23-20-17-14-11-8-5-2/h9,12,15,18,21-22,24-25,27-35,38,41,44,58H,4-8,10-11,13-14,16-17,19-20,23,26,36-37,39-40,42-43,45-57H2,1-3H3/b12-9-,18-15-,24-21-,25-22-,29-27-,30-28-,33-31-,34-32-,38-35-,44-41-. The van der Waals surface area contributed by atoms with Crippen molar-refractivity contribution in [2.45, 2.75) is 232 Å². The van der Waals surface area contributed by atoms with Crippen LogP contribution in [0.3, 0.4) is 0 Å². The molecular formula is C61H98O6. The minimum atomic E-state index is -0.827. The molecule has 378 valence electrons. The van der Waals surface area contributed by atoms with Gasteiger partial charge in [-0.3, -0.25) is 14.4 Å². The molecule has 0 bridgehead atoms. The predicted molar refractivity (Wildman–Crippen MR) is 288 cm³/mol. The van der Waals surface area contributed by atoms with Gasteiger partial charge in [-0.05, 0) is 83.5 Å². The molecule has 0 heterocycles. The third-order valence-corrected chi connectivity index (χ3v) is 11.1. The van der Waals surface area contributed by atoms with Gasteiger partial charge in [0.05, 0.1) is 0 Å². The van der Waals surface area contributed by atoms with E-state index in [0.29, 0.717) is 12.8 Å². The van der Waals surface area contributed by atoms with Crippen LogP contribution in [0, 0.1) is 0 Å². The molecule has 0 aromatic heterocycles.